The van der Waals surface area contributed by atoms with E-state index in [9.17, 15) is 44.6 Å². The smallest absolute Gasteiger partial charge is 0.462 e. The van der Waals surface area contributed by atoms with Crippen LogP contribution in [0.3, 0.4) is 0 Å². The van der Waals surface area contributed by atoms with Crippen LogP contribution in [0.1, 0.15) is 162 Å². The number of hydrogen-bond acceptors (Lipinski definition) is 12. The zero-order valence-corrected chi connectivity index (χ0v) is 36.2. The largest absolute Gasteiger partial charge is 0.472 e. The van der Waals surface area contributed by atoms with E-state index in [1.54, 1.807) is 0 Å². The lowest BCUT2D eigenvalue weighted by Gasteiger charge is -2.41. The fourth-order valence-electron chi connectivity index (χ4n) is 6.27. The Morgan fingerprint density at radius 3 is 1.45 bits per heavy atom. The number of hydrogen-bond donors (Lipinski definition) is 6. The Bertz CT molecular complexity index is 1210. The minimum absolute atomic E-state index is 0.0759. The third kappa shape index (κ3) is 26.8. The van der Waals surface area contributed by atoms with Crippen LogP contribution in [0.5, 0.6) is 0 Å². The summed E-state index contributed by atoms with van der Waals surface area (Å²) in [6, 6.07) is 0. The molecule has 0 bridgehead atoms. The van der Waals surface area contributed by atoms with Gasteiger partial charge in [0.15, 0.2) is 6.10 Å². The third-order valence-corrected chi connectivity index (χ3v) is 10.9. The van der Waals surface area contributed by atoms with Crippen molar-refractivity contribution < 1.29 is 63.1 Å². The van der Waals surface area contributed by atoms with Gasteiger partial charge in [0.25, 0.3) is 0 Å². The van der Waals surface area contributed by atoms with Crippen LogP contribution in [0, 0.1) is 0 Å². The highest BCUT2D eigenvalue weighted by Crippen LogP contribution is 2.47. The Morgan fingerprint density at radius 1 is 0.534 bits per heavy atom. The van der Waals surface area contributed by atoms with Gasteiger partial charge in [0.1, 0.15) is 43.2 Å². The molecule has 14 heteroatoms. The lowest BCUT2D eigenvalue weighted by atomic mass is 9.85. The summed E-state index contributed by atoms with van der Waals surface area (Å²) in [7, 11) is -5.12. The number of rotatable bonds is 35. The molecule has 0 aromatic rings. The number of phosphoric acid groups is 1. The van der Waals surface area contributed by atoms with E-state index in [4.69, 9.17) is 18.5 Å². The second kappa shape index (κ2) is 34.5. The number of ether oxygens (including phenoxy) is 2. The average molecular weight is 845 g/mol. The second-order valence-corrected chi connectivity index (χ2v) is 16.6. The summed E-state index contributed by atoms with van der Waals surface area (Å²) in [4.78, 5) is 35.6. The predicted octanol–water partition coefficient (Wildman–Crippen LogP) is 8.00. The average Bonchev–Trinajstić information content (AvgIpc) is 3.20. The van der Waals surface area contributed by atoms with Gasteiger partial charge < -0.3 is 39.9 Å². The highest BCUT2D eigenvalue weighted by Gasteiger charge is 2.51. The quantitative estimate of drug-likeness (QED) is 0.0155. The number of allylic oxidation sites excluding steroid dienone is 8. The molecule has 0 aromatic heterocycles. The van der Waals surface area contributed by atoms with E-state index in [0.717, 1.165) is 89.9 Å². The Morgan fingerprint density at radius 2 is 0.948 bits per heavy atom. The van der Waals surface area contributed by atoms with Crippen LogP contribution >= 0.6 is 7.82 Å². The molecule has 8 atom stereocenters. The first-order chi connectivity index (χ1) is 27.9. The maximum atomic E-state index is 12.8. The van der Waals surface area contributed by atoms with E-state index in [1.807, 2.05) is 0 Å². The number of aliphatic hydroxyl groups is 5. The van der Waals surface area contributed by atoms with E-state index < -0.39 is 75.7 Å². The molecule has 0 amide bonds. The topological polar surface area (TPSA) is 210 Å². The molecule has 1 aliphatic carbocycles. The first-order valence-corrected chi connectivity index (χ1v) is 23.4. The van der Waals surface area contributed by atoms with Crippen molar-refractivity contribution in [3.05, 3.63) is 48.6 Å². The first kappa shape index (κ1) is 53.8. The fourth-order valence-corrected chi connectivity index (χ4v) is 7.25. The number of unbranched alkanes of at least 4 members (excludes halogenated alkanes) is 15. The Balaban J connectivity index is 2.51. The van der Waals surface area contributed by atoms with E-state index in [2.05, 4.69) is 62.5 Å². The summed E-state index contributed by atoms with van der Waals surface area (Å²) >= 11 is 0. The summed E-state index contributed by atoms with van der Waals surface area (Å²) in [6.45, 7) is 3.19. The van der Waals surface area contributed by atoms with Crippen molar-refractivity contribution in [2.24, 2.45) is 0 Å². The minimum Gasteiger partial charge on any atom is -0.462 e. The van der Waals surface area contributed by atoms with Gasteiger partial charge in [-0.1, -0.05) is 127 Å². The summed E-state index contributed by atoms with van der Waals surface area (Å²) in [5.74, 6) is -1.14. The molecule has 0 spiro atoms. The van der Waals surface area contributed by atoms with Gasteiger partial charge in [-0.15, -0.1) is 0 Å². The molecule has 1 rings (SSSR count). The summed E-state index contributed by atoms with van der Waals surface area (Å²) in [5.41, 5.74) is 0. The van der Waals surface area contributed by atoms with Crippen LogP contribution in [0.25, 0.3) is 0 Å². The van der Waals surface area contributed by atoms with Gasteiger partial charge >= 0.3 is 19.8 Å². The van der Waals surface area contributed by atoms with Gasteiger partial charge in [-0.25, -0.2) is 4.57 Å². The van der Waals surface area contributed by atoms with Crippen LogP contribution in [0.15, 0.2) is 48.6 Å². The Kier molecular flexibility index (Phi) is 32.0. The molecule has 0 radical (unpaired) electrons. The Labute approximate surface area is 348 Å². The van der Waals surface area contributed by atoms with Crippen molar-refractivity contribution in [2.45, 2.75) is 204 Å². The zero-order valence-electron chi connectivity index (χ0n) is 35.3. The standard InChI is InChI=1S/C44H77O13P/c1-3-5-7-9-11-13-15-17-19-21-22-24-26-28-30-32-37(45)54-34-36(35-55-58(52,53)57-44-42(50)40(48)39(47)41(49)43(44)51)56-38(46)33-31-29-27-25-23-20-18-16-14-12-10-8-6-4-2/h10-13,16-19,36,39-44,47-51H,3-9,14-15,20-35H2,1-2H3,(H,52,53)/b12-10+,13-11+,18-16+,19-17+/t36-,39?,40-,41?,42?,43?,44?/m0/s1. The molecule has 6 unspecified atom stereocenters. The van der Waals surface area contributed by atoms with Crippen molar-refractivity contribution in [3.63, 3.8) is 0 Å². The van der Waals surface area contributed by atoms with Crippen LogP contribution in [-0.2, 0) is 32.7 Å². The van der Waals surface area contributed by atoms with E-state index in [0.29, 0.717) is 12.8 Å². The number of phosphoric ester groups is 1. The van der Waals surface area contributed by atoms with Crippen LogP contribution < -0.4 is 0 Å². The van der Waals surface area contributed by atoms with Gasteiger partial charge in [-0.3, -0.25) is 18.6 Å². The molecule has 0 aliphatic heterocycles. The summed E-state index contributed by atoms with van der Waals surface area (Å²) in [5, 5.41) is 50.1. The van der Waals surface area contributed by atoms with Gasteiger partial charge in [0.05, 0.1) is 6.61 Å². The molecule has 0 aromatic carbocycles. The lowest BCUT2D eigenvalue weighted by molar-refractivity contribution is -0.220. The first-order valence-electron chi connectivity index (χ1n) is 21.9. The number of aliphatic hydroxyl groups excluding tert-OH is 5. The molecule has 13 nitrogen and oxygen atoms in total. The van der Waals surface area contributed by atoms with E-state index >= 15 is 0 Å². The highest BCUT2D eigenvalue weighted by molar-refractivity contribution is 7.47. The van der Waals surface area contributed by atoms with Crippen molar-refractivity contribution in [1.82, 2.24) is 0 Å². The monoisotopic (exact) mass is 845 g/mol. The number of esters is 2. The molecule has 6 N–H and O–H groups in total. The lowest BCUT2D eigenvalue weighted by Crippen LogP contribution is -2.64. The van der Waals surface area contributed by atoms with Crippen molar-refractivity contribution in [2.75, 3.05) is 13.2 Å². The SMILES string of the molecule is CCCC/C=C/C/C=C/CCCCCCCC(=O)O[C@@H](COC(=O)CCCCCCC/C=C/C/C=C/CCCCC)COP(=O)(O)OC1C(O)C(O)C(O)[C@H](O)C1O. The second-order valence-electron chi connectivity index (χ2n) is 15.2. The molecule has 336 valence electrons. The van der Waals surface area contributed by atoms with Crippen LogP contribution in [0.2, 0.25) is 0 Å². The van der Waals surface area contributed by atoms with E-state index in [-0.39, 0.29) is 12.8 Å². The highest BCUT2D eigenvalue weighted by atomic mass is 31.2. The number of carbonyl (C=O) groups is 2. The minimum atomic E-state index is -5.12. The Hall–Kier alpha value is -2.19. The third-order valence-electron chi connectivity index (χ3n) is 9.89. The van der Waals surface area contributed by atoms with Gasteiger partial charge in [0, 0.05) is 12.8 Å². The van der Waals surface area contributed by atoms with Crippen molar-refractivity contribution >= 4 is 19.8 Å². The van der Waals surface area contributed by atoms with Crippen LogP contribution in [-0.4, -0.2) is 98.3 Å². The molecule has 1 fully saturated rings. The maximum absolute atomic E-state index is 12.8. The summed E-state index contributed by atoms with van der Waals surface area (Å²) in [6.07, 6.45) is 25.9. The summed E-state index contributed by atoms with van der Waals surface area (Å²) < 4.78 is 33.4. The molecular formula is C44H77O13P. The molecular weight excluding hydrogens is 767 g/mol. The van der Waals surface area contributed by atoms with Gasteiger partial charge in [-0.2, -0.15) is 0 Å². The molecule has 0 heterocycles. The molecule has 1 aliphatic rings. The van der Waals surface area contributed by atoms with Gasteiger partial charge in [-0.05, 0) is 70.6 Å². The normalized spacial score (nSPS) is 23.0. The van der Waals surface area contributed by atoms with Crippen LogP contribution in [0.4, 0.5) is 0 Å². The molecule has 58 heavy (non-hydrogen) atoms. The van der Waals surface area contributed by atoms with Crippen molar-refractivity contribution in [1.29, 1.82) is 0 Å². The van der Waals surface area contributed by atoms with Crippen molar-refractivity contribution in [3.8, 4) is 0 Å². The van der Waals surface area contributed by atoms with E-state index in [1.165, 1.54) is 32.1 Å². The molecule has 0 saturated heterocycles. The van der Waals surface area contributed by atoms with Gasteiger partial charge in [0.2, 0.25) is 0 Å². The maximum Gasteiger partial charge on any atom is 0.472 e. The fraction of sp³-hybridized carbons (Fsp3) is 0.773. The molecule has 1 saturated carbocycles. The predicted molar refractivity (Wildman–Crippen MR) is 226 cm³/mol. The number of carbonyl (C=O) groups excluding carboxylic acids is 2. The zero-order chi connectivity index (χ0) is 42.9.